The third kappa shape index (κ3) is 2.84. The summed E-state index contributed by atoms with van der Waals surface area (Å²) in [6.45, 7) is 0.683. The van der Waals surface area contributed by atoms with E-state index in [4.69, 9.17) is 0 Å². The molecule has 0 saturated carbocycles. The monoisotopic (exact) mass is 316 g/mol. The van der Waals surface area contributed by atoms with E-state index in [9.17, 15) is 4.79 Å². The van der Waals surface area contributed by atoms with E-state index >= 15 is 0 Å². The minimum Gasteiger partial charge on any atom is -0.358 e. The molecule has 0 atom stereocenters. The van der Waals surface area contributed by atoms with Gasteiger partial charge in [-0.1, -0.05) is 6.08 Å². The van der Waals surface area contributed by atoms with Crippen molar-refractivity contribution in [2.45, 2.75) is 6.42 Å². The van der Waals surface area contributed by atoms with E-state index < -0.39 is 0 Å². The fourth-order valence-electron chi connectivity index (χ4n) is 2.81. The Kier molecular flexibility index (Phi) is 3.67. The first-order valence-corrected chi connectivity index (χ1v) is 7.84. The summed E-state index contributed by atoms with van der Waals surface area (Å²) in [6, 6.07) is 9.75. The molecule has 1 amide bonds. The number of carbonyl (C=O) groups is 1. The molecule has 2 N–H and O–H groups in total. The van der Waals surface area contributed by atoms with Gasteiger partial charge in [-0.05, 0) is 42.0 Å². The zero-order valence-corrected chi connectivity index (χ0v) is 13.0. The van der Waals surface area contributed by atoms with E-state index in [-0.39, 0.29) is 5.91 Å². The van der Waals surface area contributed by atoms with Crippen molar-refractivity contribution >= 4 is 18.1 Å². The Morgan fingerprint density at radius 1 is 1.04 bits per heavy atom. The van der Waals surface area contributed by atoms with Gasteiger partial charge < -0.3 is 10.3 Å². The van der Waals surface area contributed by atoms with Gasteiger partial charge in [-0.2, -0.15) is 0 Å². The number of carbonyl (C=O) groups excluding carboxylic acids is 1. The molecule has 3 aromatic rings. The average molecular weight is 316 g/mol. The molecule has 0 unspecified atom stereocenters. The topological polar surface area (TPSA) is 70.7 Å². The van der Waals surface area contributed by atoms with Crippen LogP contribution in [0.25, 0.3) is 23.4 Å². The number of pyridine rings is 2. The summed E-state index contributed by atoms with van der Waals surface area (Å²) in [5, 5.41) is 2.87. The summed E-state index contributed by atoms with van der Waals surface area (Å²) in [5.41, 5.74) is 5.63. The number of rotatable bonds is 3. The van der Waals surface area contributed by atoms with Crippen molar-refractivity contribution in [1.29, 1.82) is 0 Å². The first-order chi connectivity index (χ1) is 11.8. The standard InChI is InChI=1S/C19H16N4O/c24-19-16-12-18(23-17(16)6-10-22-19)14-5-9-21-15(11-14)2-1-13-3-7-20-8-4-13/h1-5,7-9,11-12,23H,6,10H2,(H,22,24). The highest BCUT2D eigenvalue weighted by atomic mass is 16.1. The molecule has 0 bridgehead atoms. The lowest BCUT2D eigenvalue weighted by Gasteiger charge is -2.10. The molecule has 0 aromatic carbocycles. The Labute approximate surface area is 139 Å². The summed E-state index contributed by atoms with van der Waals surface area (Å²) in [5.74, 6) is -0.00869. The van der Waals surface area contributed by atoms with Crippen LogP contribution in [-0.4, -0.2) is 27.4 Å². The Hall–Kier alpha value is -3.21. The van der Waals surface area contributed by atoms with Gasteiger partial charge >= 0.3 is 0 Å². The molecule has 24 heavy (non-hydrogen) atoms. The highest BCUT2D eigenvalue weighted by molar-refractivity contribution is 5.97. The molecule has 0 radical (unpaired) electrons. The second-order valence-electron chi connectivity index (χ2n) is 5.66. The van der Waals surface area contributed by atoms with E-state index in [1.54, 1.807) is 18.6 Å². The SMILES string of the molecule is O=C1NCCc2[nH]c(-c3ccnc(C=Cc4ccncc4)c3)cc21. The fourth-order valence-corrected chi connectivity index (χ4v) is 2.81. The summed E-state index contributed by atoms with van der Waals surface area (Å²) in [6.07, 6.45) is 10.1. The smallest absolute Gasteiger partial charge is 0.253 e. The zero-order chi connectivity index (χ0) is 16.4. The van der Waals surface area contributed by atoms with Crippen LogP contribution in [0.3, 0.4) is 0 Å². The van der Waals surface area contributed by atoms with Crippen LogP contribution >= 0.6 is 0 Å². The van der Waals surface area contributed by atoms with Crippen molar-refractivity contribution in [3.8, 4) is 11.3 Å². The molecule has 4 heterocycles. The number of aromatic amines is 1. The van der Waals surface area contributed by atoms with Crippen LogP contribution in [0.1, 0.15) is 27.3 Å². The molecule has 0 spiro atoms. The Morgan fingerprint density at radius 3 is 2.75 bits per heavy atom. The molecule has 5 heteroatoms. The van der Waals surface area contributed by atoms with Crippen molar-refractivity contribution < 1.29 is 4.79 Å². The van der Waals surface area contributed by atoms with Gasteiger partial charge in [0.05, 0.1) is 11.3 Å². The summed E-state index contributed by atoms with van der Waals surface area (Å²) in [4.78, 5) is 23.6. The number of nitrogens with zero attached hydrogens (tertiary/aromatic N) is 2. The molecule has 118 valence electrons. The van der Waals surface area contributed by atoms with Gasteiger partial charge in [-0.15, -0.1) is 0 Å². The van der Waals surface area contributed by atoms with E-state index in [0.717, 1.165) is 40.2 Å². The highest BCUT2D eigenvalue weighted by Gasteiger charge is 2.19. The molecule has 1 aliphatic rings. The van der Waals surface area contributed by atoms with E-state index in [1.165, 1.54) is 0 Å². The van der Waals surface area contributed by atoms with E-state index in [2.05, 4.69) is 20.3 Å². The maximum atomic E-state index is 11.9. The fraction of sp³-hybridized carbons (Fsp3) is 0.105. The van der Waals surface area contributed by atoms with Gasteiger partial charge in [0.1, 0.15) is 0 Å². The number of hydrogen-bond acceptors (Lipinski definition) is 3. The van der Waals surface area contributed by atoms with Gasteiger partial charge in [0.2, 0.25) is 0 Å². The summed E-state index contributed by atoms with van der Waals surface area (Å²) >= 11 is 0. The van der Waals surface area contributed by atoms with Gasteiger partial charge in [0.15, 0.2) is 0 Å². The third-order valence-corrected chi connectivity index (χ3v) is 4.05. The minimum absolute atomic E-state index is 0.00869. The molecular formula is C19H16N4O. The molecule has 1 aliphatic heterocycles. The van der Waals surface area contributed by atoms with Gasteiger partial charge in [-0.25, -0.2) is 0 Å². The number of amides is 1. The van der Waals surface area contributed by atoms with Crippen LogP contribution in [0.15, 0.2) is 48.9 Å². The average Bonchev–Trinajstić information content (AvgIpc) is 3.07. The lowest BCUT2D eigenvalue weighted by Crippen LogP contribution is -2.31. The summed E-state index contributed by atoms with van der Waals surface area (Å²) in [7, 11) is 0. The normalized spacial score (nSPS) is 13.8. The highest BCUT2D eigenvalue weighted by Crippen LogP contribution is 2.24. The Balaban J connectivity index is 1.63. The van der Waals surface area contributed by atoms with Crippen LogP contribution in [-0.2, 0) is 6.42 Å². The maximum Gasteiger partial charge on any atom is 0.253 e. The van der Waals surface area contributed by atoms with Crippen LogP contribution < -0.4 is 5.32 Å². The lowest BCUT2D eigenvalue weighted by atomic mass is 10.1. The van der Waals surface area contributed by atoms with Crippen molar-refractivity contribution in [1.82, 2.24) is 20.3 Å². The Bertz CT molecular complexity index is 912. The second kappa shape index (κ2) is 6.12. The third-order valence-electron chi connectivity index (χ3n) is 4.05. The minimum atomic E-state index is -0.00869. The maximum absolute atomic E-state index is 11.9. The van der Waals surface area contributed by atoms with Crippen molar-refractivity contribution in [3.63, 3.8) is 0 Å². The molecule has 0 fully saturated rings. The molecule has 0 aliphatic carbocycles. The van der Waals surface area contributed by atoms with Gasteiger partial charge in [0, 0.05) is 48.5 Å². The predicted molar refractivity (Wildman–Crippen MR) is 93.2 cm³/mol. The largest absolute Gasteiger partial charge is 0.358 e. The van der Waals surface area contributed by atoms with Crippen LogP contribution in [0.2, 0.25) is 0 Å². The van der Waals surface area contributed by atoms with Gasteiger partial charge in [0.25, 0.3) is 5.91 Å². The van der Waals surface area contributed by atoms with Gasteiger partial charge in [-0.3, -0.25) is 14.8 Å². The number of aromatic nitrogens is 3. The molecular weight excluding hydrogens is 300 g/mol. The number of H-pyrrole nitrogens is 1. The number of hydrogen-bond donors (Lipinski definition) is 2. The quantitative estimate of drug-likeness (QED) is 0.780. The second-order valence-corrected chi connectivity index (χ2v) is 5.66. The van der Waals surface area contributed by atoms with Crippen LogP contribution in [0.4, 0.5) is 0 Å². The van der Waals surface area contributed by atoms with Crippen molar-refractivity contribution in [2.75, 3.05) is 6.54 Å². The first kappa shape index (κ1) is 14.4. The van der Waals surface area contributed by atoms with Crippen LogP contribution in [0.5, 0.6) is 0 Å². The van der Waals surface area contributed by atoms with E-state index in [1.807, 2.05) is 42.5 Å². The van der Waals surface area contributed by atoms with Crippen molar-refractivity contribution in [3.05, 3.63) is 71.4 Å². The predicted octanol–water partition coefficient (Wildman–Crippen LogP) is 2.93. The number of nitrogens with one attached hydrogen (secondary N) is 2. The molecule has 5 nitrogen and oxygen atoms in total. The molecule has 0 saturated heterocycles. The lowest BCUT2D eigenvalue weighted by molar-refractivity contribution is 0.0946. The molecule has 3 aromatic heterocycles. The zero-order valence-electron chi connectivity index (χ0n) is 13.0. The number of fused-ring (bicyclic) bond motifs is 1. The van der Waals surface area contributed by atoms with E-state index in [0.29, 0.717) is 6.54 Å². The molecule has 4 rings (SSSR count). The van der Waals surface area contributed by atoms with Crippen molar-refractivity contribution in [2.24, 2.45) is 0 Å². The first-order valence-electron chi connectivity index (χ1n) is 7.84. The summed E-state index contributed by atoms with van der Waals surface area (Å²) < 4.78 is 0. The van der Waals surface area contributed by atoms with Crippen LogP contribution in [0, 0.1) is 0 Å². The Morgan fingerprint density at radius 2 is 1.92 bits per heavy atom.